The molecule has 22 heavy (non-hydrogen) atoms. The first-order valence-electron chi connectivity index (χ1n) is 7.69. The quantitative estimate of drug-likeness (QED) is 0.873. The van der Waals surface area contributed by atoms with E-state index < -0.39 is 0 Å². The number of carbonyl (C=O) groups excluding carboxylic acids is 1. The first-order chi connectivity index (χ1) is 10.5. The third kappa shape index (κ3) is 3.23. The van der Waals surface area contributed by atoms with Crippen molar-refractivity contribution in [3.05, 3.63) is 33.2 Å². The summed E-state index contributed by atoms with van der Waals surface area (Å²) in [6.45, 7) is 7.24. The minimum absolute atomic E-state index is 0.159. The zero-order valence-electron chi connectivity index (χ0n) is 13.6. The predicted octanol–water partition coefficient (Wildman–Crippen LogP) is 0.790. The number of aryl methyl sites for hydroxylation is 1. The lowest BCUT2D eigenvalue weighted by atomic mass is 10.1. The molecule has 0 aromatic carbocycles. The van der Waals surface area contributed by atoms with Crippen LogP contribution in [0.15, 0.2) is 10.9 Å². The minimum Gasteiger partial charge on any atom is -0.376 e. The zero-order chi connectivity index (χ0) is 16.3. The van der Waals surface area contributed by atoms with Gasteiger partial charge < -0.3 is 19.4 Å². The summed E-state index contributed by atoms with van der Waals surface area (Å²) in [5.74, 6) is -0.369. The molecule has 0 spiro atoms. The number of nitrogens with one attached hydrogen (secondary N) is 1. The largest absolute Gasteiger partial charge is 0.376 e. The Morgan fingerprint density at radius 2 is 2.18 bits per heavy atom. The van der Waals surface area contributed by atoms with Gasteiger partial charge in [-0.1, -0.05) is 6.92 Å². The highest BCUT2D eigenvalue weighted by atomic mass is 16.5. The van der Waals surface area contributed by atoms with E-state index in [1.807, 2.05) is 20.8 Å². The molecule has 6 nitrogen and oxygen atoms in total. The van der Waals surface area contributed by atoms with Crippen molar-refractivity contribution < 1.29 is 14.3 Å². The van der Waals surface area contributed by atoms with Gasteiger partial charge in [0, 0.05) is 19.3 Å². The molecule has 1 aliphatic heterocycles. The first kappa shape index (κ1) is 16.7. The van der Waals surface area contributed by atoms with Crippen LogP contribution in [0.4, 0.5) is 0 Å². The highest BCUT2D eigenvalue weighted by molar-refractivity contribution is 5.94. The third-order valence-corrected chi connectivity index (χ3v) is 4.06. The summed E-state index contributed by atoms with van der Waals surface area (Å²) in [4.78, 5) is 24.8. The summed E-state index contributed by atoms with van der Waals surface area (Å²) in [7, 11) is 1.70. The number of ether oxygens (including phenoxy) is 2. The second-order valence-electron chi connectivity index (χ2n) is 5.52. The molecule has 2 rings (SSSR count). The number of aromatic nitrogens is 1. The number of nitrogens with zero attached hydrogens (tertiary/aromatic N) is 1. The van der Waals surface area contributed by atoms with Gasteiger partial charge in [-0.2, -0.15) is 0 Å². The van der Waals surface area contributed by atoms with Crippen LogP contribution in [0, 0.1) is 6.92 Å². The van der Waals surface area contributed by atoms with Crippen LogP contribution in [0.3, 0.4) is 0 Å². The van der Waals surface area contributed by atoms with E-state index in [-0.39, 0.29) is 29.2 Å². The van der Waals surface area contributed by atoms with Gasteiger partial charge in [0.05, 0.1) is 19.3 Å². The van der Waals surface area contributed by atoms with Crippen LogP contribution in [0.5, 0.6) is 0 Å². The molecule has 0 aliphatic carbocycles. The van der Waals surface area contributed by atoms with E-state index in [1.54, 1.807) is 17.7 Å². The average molecular weight is 308 g/mol. The van der Waals surface area contributed by atoms with E-state index >= 15 is 0 Å². The average Bonchev–Trinajstić information content (AvgIpc) is 2.91. The molecular formula is C16H24N2O4. The smallest absolute Gasteiger partial charge is 0.263 e. The molecule has 1 fully saturated rings. The standard InChI is InChI=1S/C16H24N2O4/c1-5-13-10(3)7-11(16(20)18(13)4)15(19)17-12-8-21-9-14(12)22-6-2/h7,12,14H,5-6,8-9H2,1-4H3,(H,17,19)/t12-,14-/m1/s1. The molecule has 1 aliphatic rings. The number of pyridine rings is 1. The molecule has 1 amide bonds. The van der Waals surface area contributed by atoms with Gasteiger partial charge in [-0.15, -0.1) is 0 Å². The fourth-order valence-electron chi connectivity index (χ4n) is 2.90. The Bertz CT molecular complexity index is 609. The number of hydrogen-bond acceptors (Lipinski definition) is 4. The van der Waals surface area contributed by atoms with Crippen molar-refractivity contribution in [3.8, 4) is 0 Å². The van der Waals surface area contributed by atoms with Crippen LogP contribution in [-0.2, 0) is 22.9 Å². The maximum absolute atomic E-state index is 12.4. The van der Waals surface area contributed by atoms with Gasteiger partial charge in [0.25, 0.3) is 11.5 Å². The van der Waals surface area contributed by atoms with E-state index in [4.69, 9.17) is 9.47 Å². The van der Waals surface area contributed by atoms with Crippen molar-refractivity contribution in [2.45, 2.75) is 39.3 Å². The van der Waals surface area contributed by atoms with Gasteiger partial charge in [-0.25, -0.2) is 0 Å². The molecule has 0 unspecified atom stereocenters. The summed E-state index contributed by atoms with van der Waals surface area (Å²) in [5.41, 5.74) is 1.78. The molecule has 6 heteroatoms. The topological polar surface area (TPSA) is 69.6 Å². The molecule has 122 valence electrons. The molecule has 0 saturated carbocycles. The highest BCUT2D eigenvalue weighted by Crippen LogP contribution is 2.12. The maximum Gasteiger partial charge on any atom is 0.263 e. The third-order valence-electron chi connectivity index (χ3n) is 4.06. The SMILES string of the molecule is CCO[C@@H]1COC[C@H]1NC(=O)c1cc(C)c(CC)n(C)c1=O. The Morgan fingerprint density at radius 1 is 1.45 bits per heavy atom. The number of carbonyl (C=O) groups is 1. The van der Waals surface area contributed by atoms with E-state index in [9.17, 15) is 9.59 Å². The molecule has 2 heterocycles. The molecule has 1 N–H and O–H groups in total. The van der Waals surface area contributed by atoms with Gasteiger partial charge in [0.1, 0.15) is 11.7 Å². The molecule has 0 bridgehead atoms. The van der Waals surface area contributed by atoms with Gasteiger partial charge in [0.2, 0.25) is 0 Å². The Labute approximate surface area is 130 Å². The fraction of sp³-hybridized carbons (Fsp3) is 0.625. The number of amides is 1. The summed E-state index contributed by atoms with van der Waals surface area (Å²) < 4.78 is 12.4. The summed E-state index contributed by atoms with van der Waals surface area (Å²) in [6, 6.07) is 1.45. The Kier molecular flexibility index (Phi) is 5.37. The summed E-state index contributed by atoms with van der Waals surface area (Å²) >= 11 is 0. The lowest BCUT2D eigenvalue weighted by Crippen LogP contribution is -2.45. The Hall–Kier alpha value is -1.66. The van der Waals surface area contributed by atoms with Crippen molar-refractivity contribution in [2.75, 3.05) is 19.8 Å². The van der Waals surface area contributed by atoms with Crippen molar-refractivity contribution >= 4 is 5.91 Å². The zero-order valence-corrected chi connectivity index (χ0v) is 13.6. The van der Waals surface area contributed by atoms with Gasteiger partial charge in [-0.05, 0) is 31.9 Å². The fourth-order valence-corrected chi connectivity index (χ4v) is 2.90. The van der Waals surface area contributed by atoms with Crippen LogP contribution in [-0.4, -0.2) is 42.4 Å². The predicted molar refractivity (Wildman–Crippen MR) is 83.3 cm³/mol. The van der Waals surface area contributed by atoms with Gasteiger partial charge >= 0.3 is 0 Å². The van der Waals surface area contributed by atoms with E-state index in [1.165, 1.54) is 0 Å². The second kappa shape index (κ2) is 7.07. The molecule has 1 saturated heterocycles. The lowest BCUT2D eigenvalue weighted by Gasteiger charge is -2.19. The van der Waals surface area contributed by atoms with E-state index in [0.717, 1.165) is 17.7 Å². The molecule has 0 radical (unpaired) electrons. The van der Waals surface area contributed by atoms with Gasteiger partial charge in [-0.3, -0.25) is 9.59 Å². The molecule has 1 aromatic rings. The van der Waals surface area contributed by atoms with E-state index in [2.05, 4.69) is 5.32 Å². The van der Waals surface area contributed by atoms with Crippen LogP contribution < -0.4 is 10.9 Å². The Balaban J connectivity index is 2.22. The van der Waals surface area contributed by atoms with Crippen molar-refractivity contribution in [1.82, 2.24) is 9.88 Å². The van der Waals surface area contributed by atoms with Gasteiger partial charge in [0.15, 0.2) is 0 Å². The highest BCUT2D eigenvalue weighted by Gasteiger charge is 2.31. The molecule has 1 aromatic heterocycles. The monoisotopic (exact) mass is 308 g/mol. The number of rotatable bonds is 5. The maximum atomic E-state index is 12.4. The number of hydrogen-bond donors (Lipinski definition) is 1. The van der Waals surface area contributed by atoms with Crippen molar-refractivity contribution in [1.29, 1.82) is 0 Å². The minimum atomic E-state index is -0.369. The summed E-state index contributed by atoms with van der Waals surface area (Å²) in [5, 5.41) is 2.86. The van der Waals surface area contributed by atoms with Crippen molar-refractivity contribution in [2.24, 2.45) is 7.05 Å². The first-order valence-corrected chi connectivity index (χ1v) is 7.69. The van der Waals surface area contributed by atoms with Crippen molar-refractivity contribution in [3.63, 3.8) is 0 Å². The molecular weight excluding hydrogens is 284 g/mol. The summed E-state index contributed by atoms with van der Waals surface area (Å²) in [6.07, 6.45) is 0.594. The van der Waals surface area contributed by atoms with Crippen LogP contribution >= 0.6 is 0 Å². The van der Waals surface area contributed by atoms with Crippen LogP contribution in [0.25, 0.3) is 0 Å². The van der Waals surface area contributed by atoms with E-state index in [0.29, 0.717) is 19.8 Å². The van der Waals surface area contributed by atoms with Crippen LogP contribution in [0.1, 0.15) is 35.5 Å². The molecule has 2 atom stereocenters. The van der Waals surface area contributed by atoms with Crippen LogP contribution in [0.2, 0.25) is 0 Å². The Morgan fingerprint density at radius 3 is 2.82 bits per heavy atom. The lowest BCUT2D eigenvalue weighted by molar-refractivity contribution is 0.0402. The second-order valence-corrected chi connectivity index (χ2v) is 5.52. The normalized spacial score (nSPS) is 21.1.